The van der Waals surface area contributed by atoms with E-state index >= 15 is 0 Å². The molecule has 1 unspecified atom stereocenters. The van der Waals surface area contributed by atoms with Crippen LogP contribution < -0.4 is 15.4 Å². The van der Waals surface area contributed by atoms with Crippen LogP contribution in [0.3, 0.4) is 0 Å². The molecule has 1 atom stereocenters. The van der Waals surface area contributed by atoms with Gasteiger partial charge in [0.05, 0.1) is 7.11 Å². The Kier molecular flexibility index (Phi) is 2.99. The van der Waals surface area contributed by atoms with Crippen molar-refractivity contribution in [3.05, 3.63) is 54.1 Å². The van der Waals surface area contributed by atoms with E-state index in [-0.39, 0.29) is 5.91 Å². The SMILES string of the molecule is COc1ccc(NC2(C#N)C(=O)Nc3ccccc32)cc1. The molecular weight excluding hydrogens is 266 g/mol. The van der Waals surface area contributed by atoms with Crippen molar-refractivity contribution in [3.63, 3.8) is 0 Å². The van der Waals surface area contributed by atoms with Crippen molar-refractivity contribution in [1.29, 1.82) is 5.26 Å². The molecule has 3 rings (SSSR count). The van der Waals surface area contributed by atoms with Crippen LogP contribution >= 0.6 is 0 Å². The fourth-order valence-electron chi connectivity index (χ4n) is 2.41. The van der Waals surface area contributed by atoms with E-state index in [9.17, 15) is 10.1 Å². The van der Waals surface area contributed by atoms with Gasteiger partial charge in [-0.2, -0.15) is 5.26 Å². The van der Waals surface area contributed by atoms with Gasteiger partial charge in [0.15, 0.2) is 0 Å². The van der Waals surface area contributed by atoms with Crippen molar-refractivity contribution in [2.24, 2.45) is 0 Å². The number of nitriles is 1. The average Bonchev–Trinajstić information content (AvgIpc) is 2.81. The fourth-order valence-corrected chi connectivity index (χ4v) is 2.41. The molecule has 1 aliphatic heterocycles. The zero-order valence-electron chi connectivity index (χ0n) is 11.4. The summed E-state index contributed by atoms with van der Waals surface area (Å²) >= 11 is 0. The number of benzene rings is 2. The highest BCUT2D eigenvalue weighted by atomic mass is 16.5. The van der Waals surface area contributed by atoms with Crippen LogP contribution in [0.15, 0.2) is 48.5 Å². The number of hydrogen-bond acceptors (Lipinski definition) is 4. The van der Waals surface area contributed by atoms with Gasteiger partial charge >= 0.3 is 0 Å². The lowest BCUT2D eigenvalue weighted by Gasteiger charge is -2.22. The minimum absolute atomic E-state index is 0.373. The average molecular weight is 279 g/mol. The molecule has 2 N–H and O–H groups in total. The van der Waals surface area contributed by atoms with E-state index in [1.165, 1.54) is 0 Å². The zero-order valence-corrected chi connectivity index (χ0v) is 11.4. The first-order chi connectivity index (χ1) is 10.2. The third kappa shape index (κ3) is 1.98. The van der Waals surface area contributed by atoms with Crippen molar-refractivity contribution >= 4 is 17.3 Å². The van der Waals surface area contributed by atoms with Crippen molar-refractivity contribution in [3.8, 4) is 11.8 Å². The number of para-hydroxylation sites is 1. The zero-order chi connectivity index (χ0) is 14.9. The number of nitrogens with one attached hydrogen (secondary N) is 2. The molecule has 0 saturated heterocycles. The Labute approximate surface area is 122 Å². The first kappa shape index (κ1) is 13.0. The summed E-state index contributed by atoms with van der Waals surface area (Å²) in [6, 6.07) is 16.4. The van der Waals surface area contributed by atoms with Crippen LogP contribution in [0, 0.1) is 11.3 Å². The van der Waals surface area contributed by atoms with Gasteiger partial charge in [0.1, 0.15) is 11.8 Å². The van der Waals surface area contributed by atoms with Crippen LogP contribution in [0.2, 0.25) is 0 Å². The minimum Gasteiger partial charge on any atom is -0.497 e. The van der Waals surface area contributed by atoms with E-state index in [1.54, 1.807) is 49.6 Å². The van der Waals surface area contributed by atoms with E-state index in [4.69, 9.17) is 4.74 Å². The standard InChI is InChI=1S/C16H13N3O2/c1-21-12-8-6-11(7-9-12)19-16(10-17)13-4-2-3-5-14(13)18-15(16)20/h2-9,19H,1H3,(H,18,20). The maximum atomic E-state index is 12.3. The van der Waals surface area contributed by atoms with E-state index in [0.717, 1.165) is 0 Å². The summed E-state index contributed by atoms with van der Waals surface area (Å²) in [5.41, 5.74) is 0.549. The fraction of sp³-hybridized carbons (Fsp3) is 0.125. The number of fused-ring (bicyclic) bond motifs is 1. The summed E-state index contributed by atoms with van der Waals surface area (Å²) in [7, 11) is 1.58. The molecule has 21 heavy (non-hydrogen) atoms. The molecule has 0 saturated carbocycles. The summed E-state index contributed by atoms with van der Waals surface area (Å²) in [4.78, 5) is 12.3. The molecule has 5 heteroatoms. The lowest BCUT2D eigenvalue weighted by molar-refractivity contribution is -0.118. The third-order valence-corrected chi connectivity index (χ3v) is 3.51. The van der Waals surface area contributed by atoms with E-state index in [2.05, 4.69) is 16.7 Å². The predicted octanol–water partition coefficient (Wildman–Crippen LogP) is 2.48. The number of nitrogens with zero attached hydrogens (tertiary/aromatic N) is 1. The number of anilines is 2. The van der Waals surface area contributed by atoms with Gasteiger partial charge in [0.25, 0.3) is 5.91 Å². The highest BCUT2D eigenvalue weighted by Crippen LogP contribution is 2.38. The number of rotatable bonds is 3. The molecule has 0 bridgehead atoms. The lowest BCUT2D eigenvalue weighted by Crippen LogP contribution is -2.40. The number of carbonyl (C=O) groups excluding carboxylic acids is 1. The van der Waals surface area contributed by atoms with Gasteiger partial charge in [0, 0.05) is 16.9 Å². The largest absolute Gasteiger partial charge is 0.497 e. The van der Waals surface area contributed by atoms with Crippen molar-refractivity contribution in [2.75, 3.05) is 17.7 Å². The van der Waals surface area contributed by atoms with Crippen LogP contribution in [-0.4, -0.2) is 13.0 Å². The Morgan fingerprint density at radius 3 is 2.57 bits per heavy atom. The van der Waals surface area contributed by atoms with Crippen LogP contribution in [0.5, 0.6) is 5.75 Å². The highest BCUT2D eigenvalue weighted by Gasteiger charge is 2.47. The monoisotopic (exact) mass is 279 g/mol. The molecular formula is C16H13N3O2. The van der Waals surface area contributed by atoms with Crippen molar-refractivity contribution in [2.45, 2.75) is 5.54 Å². The molecule has 2 aromatic rings. The summed E-state index contributed by atoms with van der Waals surface area (Å²) in [5, 5.41) is 15.4. The van der Waals surface area contributed by atoms with Crippen LogP contribution in [-0.2, 0) is 10.3 Å². The topological polar surface area (TPSA) is 74.1 Å². The molecule has 1 amide bonds. The Morgan fingerprint density at radius 2 is 1.90 bits per heavy atom. The summed E-state index contributed by atoms with van der Waals surface area (Å²) in [6.07, 6.45) is 0. The van der Waals surface area contributed by atoms with E-state index in [1.807, 2.05) is 6.07 Å². The number of ether oxygens (including phenoxy) is 1. The first-order valence-electron chi connectivity index (χ1n) is 6.44. The number of amides is 1. The molecule has 2 aromatic carbocycles. The Hall–Kier alpha value is -3.00. The molecule has 5 nitrogen and oxygen atoms in total. The molecule has 0 aromatic heterocycles. The quantitative estimate of drug-likeness (QED) is 0.905. The summed E-state index contributed by atoms with van der Waals surface area (Å²) in [5.74, 6) is 0.338. The smallest absolute Gasteiger partial charge is 0.269 e. The molecule has 0 radical (unpaired) electrons. The second-order valence-corrected chi connectivity index (χ2v) is 4.72. The van der Waals surface area contributed by atoms with E-state index < -0.39 is 5.54 Å². The Balaban J connectivity index is 2.01. The van der Waals surface area contributed by atoms with Crippen LogP contribution in [0.1, 0.15) is 5.56 Å². The van der Waals surface area contributed by atoms with Gasteiger partial charge in [0.2, 0.25) is 5.54 Å². The van der Waals surface area contributed by atoms with E-state index in [0.29, 0.717) is 22.7 Å². The maximum absolute atomic E-state index is 12.3. The third-order valence-electron chi connectivity index (χ3n) is 3.51. The second kappa shape index (κ2) is 4.84. The minimum atomic E-state index is -1.41. The summed E-state index contributed by atoms with van der Waals surface area (Å²) < 4.78 is 5.10. The molecule has 104 valence electrons. The second-order valence-electron chi connectivity index (χ2n) is 4.72. The van der Waals surface area contributed by atoms with Gasteiger partial charge < -0.3 is 15.4 Å². The maximum Gasteiger partial charge on any atom is 0.269 e. The molecule has 1 heterocycles. The van der Waals surface area contributed by atoms with Crippen molar-refractivity contribution < 1.29 is 9.53 Å². The molecule has 0 aliphatic carbocycles. The normalized spacial score (nSPS) is 19.3. The highest BCUT2D eigenvalue weighted by molar-refractivity contribution is 6.09. The van der Waals surface area contributed by atoms with Crippen molar-refractivity contribution in [1.82, 2.24) is 0 Å². The van der Waals surface area contributed by atoms with Gasteiger partial charge in [-0.25, -0.2) is 0 Å². The van der Waals surface area contributed by atoms with Crippen LogP contribution in [0.25, 0.3) is 0 Å². The summed E-state index contributed by atoms with van der Waals surface area (Å²) in [6.45, 7) is 0. The Morgan fingerprint density at radius 1 is 1.19 bits per heavy atom. The lowest BCUT2D eigenvalue weighted by atomic mass is 9.92. The van der Waals surface area contributed by atoms with Gasteiger partial charge in [-0.1, -0.05) is 18.2 Å². The predicted molar refractivity (Wildman–Crippen MR) is 79.0 cm³/mol. The molecule has 1 aliphatic rings. The number of methoxy groups -OCH3 is 1. The number of hydrogen-bond donors (Lipinski definition) is 2. The Bertz CT molecular complexity index is 734. The van der Waals surface area contributed by atoms with Gasteiger partial charge in [-0.05, 0) is 30.3 Å². The van der Waals surface area contributed by atoms with Gasteiger partial charge in [-0.15, -0.1) is 0 Å². The molecule has 0 spiro atoms. The van der Waals surface area contributed by atoms with Crippen LogP contribution in [0.4, 0.5) is 11.4 Å². The molecule has 0 fully saturated rings. The number of carbonyl (C=O) groups is 1. The first-order valence-corrected chi connectivity index (χ1v) is 6.44. The van der Waals surface area contributed by atoms with Gasteiger partial charge in [-0.3, -0.25) is 4.79 Å².